The third kappa shape index (κ3) is 2.41. The van der Waals surface area contributed by atoms with E-state index in [1.807, 2.05) is 6.07 Å². The molecule has 0 bridgehead atoms. The summed E-state index contributed by atoms with van der Waals surface area (Å²) in [6, 6.07) is 3.71. The van der Waals surface area contributed by atoms with Crippen LogP contribution in [0.2, 0.25) is 0 Å². The fourth-order valence-corrected chi connectivity index (χ4v) is 3.68. The van der Waals surface area contributed by atoms with E-state index in [0.29, 0.717) is 18.6 Å². The minimum absolute atomic E-state index is 0.0361. The van der Waals surface area contributed by atoms with Gasteiger partial charge in [0.2, 0.25) is 5.69 Å². The third-order valence-corrected chi connectivity index (χ3v) is 5.01. The molecule has 0 amide bonds. The van der Waals surface area contributed by atoms with Crippen molar-refractivity contribution >= 4 is 5.69 Å². The van der Waals surface area contributed by atoms with E-state index in [1.54, 1.807) is 0 Å². The van der Waals surface area contributed by atoms with E-state index >= 15 is 0 Å². The molecule has 1 aromatic carbocycles. The number of hydrogen-bond acceptors (Lipinski definition) is 3. The Balaban J connectivity index is 1.66. The molecule has 1 aromatic rings. The minimum Gasteiger partial charge on any atom is -0.371 e. The Morgan fingerprint density at radius 3 is 3.00 bits per heavy atom. The summed E-state index contributed by atoms with van der Waals surface area (Å²) in [5, 5.41) is 3.39. The molecule has 1 aliphatic carbocycles. The lowest BCUT2D eigenvalue weighted by Crippen LogP contribution is -2.57. The Kier molecular flexibility index (Phi) is 3.61. The molecule has 3 aliphatic rings. The smallest absolute Gasteiger partial charge is 0.225 e. The topological polar surface area (TPSA) is 28.9 Å². The van der Waals surface area contributed by atoms with Crippen LogP contribution < -0.4 is 5.32 Å². The van der Waals surface area contributed by atoms with Crippen molar-refractivity contribution in [3.63, 3.8) is 0 Å². The number of ether oxygens (including phenoxy) is 1. The lowest BCUT2D eigenvalue weighted by atomic mass is 9.94. The van der Waals surface area contributed by atoms with Crippen LogP contribution in [0, 0.1) is 12.4 Å². The highest BCUT2D eigenvalue weighted by Crippen LogP contribution is 2.49. The van der Waals surface area contributed by atoms with Gasteiger partial charge in [-0.1, -0.05) is 6.07 Å². The van der Waals surface area contributed by atoms with Gasteiger partial charge in [0.25, 0.3) is 0 Å². The lowest BCUT2D eigenvalue weighted by molar-refractivity contribution is -0.0720. The van der Waals surface area contributed by atoms with Crippen LogP contribution in [-0.4, -0.2) is 43.7 Å². The maximum atomic E-state index is 14.0. The number of nitrogens with zero attached hydrogens (tertiary/aromatic N) is 2. The molecule has 0 unspecified atom stereocenters. The van der Waals surface area contributed by atoms with Gasteiger partial charge in [-0.15, -0.1) is 0 Å². The molecule has 2 aliphatic heterocycles. The Morgan fingerprint density at radius 1 is 1.36 bits per heavy atom. The molecule has 1 saturated carbocycles. The largest absolute Gasteiger partial charge is 0.371 e. The average Bonchev–Trinajstić information content (AvgIpc) is 3.39. The summed E-state index contributed by atoms with van der Waals surface area (Å²) in [6.07, 6.45) is 2.08. The predicted octanol–water partition coefficient (Wildman–Crippen LogP) is 2.60. The average molecular weight is 301 g/mol. The normalized spacial score (nSPS) is 28.9. The van der Waals surface area contributed by atoms with Crippen molar-refractivity contribution in [1.82, 2.24) is 10.2 Å². The Hall–Kier alpha value is -1.48. The number of nitrogens with one attached hydrogen (secondary N) is 1. The van der Waals surface area contributed by atoms with Crippen LogP contribution in [0.1, 0.15) is 36.0 Å². The summed E-state index contributed by atoms with van der Waals surface area (Å²) in [5.41, 5.74) is 2.16. The minimum atomic E-state index is -0.392. The zero-order valence-electron chi connectivity index (χ0n) is 12.5. The number of hydrogen-bond donors (Lipinski definition) is 1. The summed E-state index contributed by atoms with van der Waals surface area (Å²) < 4.78 is 20.1. The fraction of sp³-hybridized carbons (Fsp3) is 0.588. The van der Waals surface area contributed by atoms with E-state index in [0.717, 1.165) is 50.1 Å². The summed E-state index contributed by atoms with van der Waals surface area (Å²) in [4.78, 5) is 5.92. The molecule has 3 fully saturated rings. The molecule has 0 spiro atoms. The van der Waals surface area contributed by atoms with Gasteiger partial charge >= 0.3 is 0 Å². The zero-order chi connectivity index (χ0) is 15.1. The molecule has 2 heterocycles. The second-order valence-electron chi connectivity index (χ2n) is 6.46. The van der Waals surface area contributed by atoms with Crippen molar-refractivity contribution in [2.75, 3.05) is 32.8 Å². The second kappa shape index (κ2) is 5.62. The number of benzene rings is 1. The molecule has 116 valence electrons. The first-order valence-corrected chi connectivity index (χ1v) is 8.04. The molecular weight excluding hydrogens is 281 g/mol. The summed E-state index contributed by atoms with van der Waals surface area (Å²) in [7, 11) is 0. The molecule has 0 radical (unpaired) electrons. The van der Waals surface area contributed by atoms with E-state index in [2.05, 4.69) is 15.1 Å². The number of halogens is 1. The van der Waals surface area contributed by atoms with E-state index < -0.39 is 5.82 Å². The van der Waals surface area contributed by atoms with Gasteiger partial charge in [0, 0.05) is 32.2 Å². The first-order chi connectivity index (χ1) is 10.8. The highest BCUT2D eigenvalue weighted by atomic mass is 19.1. The van der Waals surface area contributed by atoms with Gasteiger partial charge in [-0.05, 0) is 36.0 Å². The van der Waals surface area contributed by atoms with Crippen molar-refractivity contribution < 1.29 is 9.13 Å². The number of piperazine rings is 1. The van der Waals surface area contributed by atoms with Gasteiger partial charge in [-0.2, -0.15) is 0 Å². The quantitative estimate of drug-likeness (QED) is 0.851. The fourth-order valence-electron chi connectivity index (χ4n) is 3.68. The van der Waals surface area contributed by atoms with Crippen LogP contribution in [-0.2, 0) is 4.74 Å². The maximum Gasteiger partial charge on any atom is 0.225 e. The number of morpholine rings is 1. The Morgan fingerprint density at radius 2 is 2.23 bits per heavy atom. The molecule has 2 atom stereocenters. The van der Waals surface area contributed by atoms with E-state index in [4.69, 9.17) is 11.3 Å². The van der Waals surface area contributed by atoms with Crippen molar-refractivity contribution in [3.05, 3.63) is 40.5 Å². The molecule has 0 aromatic heterocycles. The molecular formula is C17H20FN3O. The van der Waals surface area contributed by atoms with Gasteiger partial charge in [0.05, 0.1) is 19.3 Å². The zero-order valence-corrected chi connectivity index (χ0v) is 12.5. The molecule has 2 saturated heterocycles. The third-order valence-electron chi connectivity index (χ3n) is 5.01. The highest BCUT2D eigenvalue weighted by Gasteiger charge is 2.36. The number of rotatable bonds is 2. The van der Waals surface area contributed by atoms with Gasteiger partial charge in [-0.3, -0.25) is 4.90 Å². The Labute approximate surface area is 130 Å². The summed E-state index contributed by atoms with van der Waals surface area (Å²) in [6.45, 7) is 11.9. The van der Waals surface area contributed by atoms with Gasteiger partial charge in [0.1, 0.15) is 5.82 Å². The first-order valence-electron chi connectivity index (χ1n) is 8.04. The van der Waals surface area contributed by atoms with E-state index in [9.17, 15) is 4.39 Å². The molecule has 5 heteroatoms. The monoisotopic (exact) mass is 301 g/mol. The highest BCUT2D eigenvalue weighted by molar-refractivity contribution is 5.60. The SMILES string of the molecule is [C-]#[N+]c1c(F)ccc([C@@H]2CN3CCNC[C@H]3CO2)c1C1CC1. The van der Waals surface area contributed by atoms with Gasteiger partial charge in [-0.25, -0.2) is 9.24 Å². The summed E-state index contributed by atoms with van der Waals surface area (Å²) in [5.74, 6) is -0.0457. The maximum absolute atomic E-state index is 14.0. The second-order valence-corrected chi connectivity index (χ2v) is 6.46. The predicted molar refractivity (Wildman–Crippen MR) is 81.6 cm³/mol. The van der Waals surface area contributed by atoms with Crippen LogP contribution in [0.5, 0.6) is 0 Å². The van der Waals surface area contributed by atoms with Crippen molar-refractivity contribution in [3.8, 4) is 0 Å². The van der Waals surface area contributed by atoms with Crippen LogP contribution in [0.4, 0.5) is 10.1 Å². The molecule has 22 heavy (non-hydrogen) atoms. The van der Waals surface area contributed by atoms with Crippen molar-refractivity contribution in [2.45, 2.75) is 30.9 Å². The van der Waals surface area contributed by atoms with E-state index in [-0.39, 0.29) is 11.8 Å². The Bertz CT molecular complexity index is 623. The van der Waals surface area contributed by atoms with Crippen molar-refractivity contribution in [2.24, 2.45) is 0 Å². The molecule has 4 rings (SSSR count). The first kappa shape index (κ1) is 14.1. The van der Waals surface area contributed by atoms with Gasteiger partial charge < -0.3 is 10.1 Å². The lowest BCUT2D eigenvalue weighted by Gasteiger charge is -2.43. The van der Waals surface area contributed by atoms with Crippen LogP contribution >= 0.6 is 0 Å². The standard InChI is InChI=1S/C17H20FN3O/c1-19-17-14(18)5-4-13(16(17)11-2-3-11)15-9-21-7-6-20-8-12(21)10-22-15/h4-5,11-12,15,20H,2-3,6-10H2/t12-,15-/m0/s1. The van der Waals surface area contributed by atoms with Gasteiger partial charge in [0.15, 0.2) is 0 Å². The van der Waals surface area contributed by atoms with E-state index in [1.165, 1.54) is 6.07 Å². The van der Waals surface area contributed by atoms with Crippen LogP contribution in [0.3, 0.4) is 0 Å². The molecule has 4 nitrogen and oxygen atoms in total. The van der Waals surface area contributed by atoms with Crippen LogP contribution in [0.15, 0.2) is 12.1 Å². The van der Waals surface area contributed by atoms with Crippen molar-refractivity contribution in [1.29, 1.82) is 0 Å². The molecule has 1 N–H and O–H groups in total. The number of fused-ring (bicyclic) bond motifs is 1. The van der Waals surface area contributed by atoms with Crippen LogP contribution in [0.25, 0.3) is 4.85 Å². The summed E-state index contributed by atoms with van der Waals surface area (Å²) >= 11 is 0.